The molecule has 0 atom stereocenters. The highest BCUT2D eigenvalue weighted by Crippen LogP contribution is 2.28. The fourth-order valence-electron chi connectivity index (χ4n) is 2.80. The summed E-state index contributed by atoms with van der Waals surface area (Å²) in [4.78, 5) is 4.09. The quantitative estimate of drug-likeness (QED) is 0.292. The van der Waals surface area contributed by atoms with Gasteiger partial charge in [0.1, 0.15) is 5.75 Å². The van der Waals surface area contributed by atoms with Gasteiger partial charge in [-0.15, -0.1) is 10.2 Å². The van der Waals surface area contributed by atoms with Crippen LogP contribution in [0.5, 0.6) is 5.75 Å². The van der Waals surface area contributed by atoms with Crippen molar-refractivity contribution in [3.8, 4) is 22.8 Å². The van der Waals surface area contributed by atoms with E-state index < -0.39 is 0 Å². The third kappa shape index (κ3) is 4.78. The number of aryl methyl sites for hydroxylation is 1. The first kappa shape index (κ1) is 19.5. The second-order valence-electron chi connectivity index (χ2n) is 6.36. The molecule has 0 fully saturated rings. The van der Waals surface area contributed by atoms with E-state index in [1.54, 1.807) is 24.2 Å². The first-order chi connectivity index (χ1) is 14.2. The lowest BCUT2D eigenvalue weighted by atomic mass is 10.2. The number of hydrogen-bond acceptors (Lipinski definition) is 5. The van der Waals surface area contributed by atoms with E-state index in [0.717, 1.165) is 33.7 Å². The number of rotatable bonds is 7. The number of benzene rings is 2. The first-order valence-corrected chi connectivity index (χ1v) is 10.5. The standard InChI is InChI=1S/C22H19ClN4OS/c1-16-2-8-20(9-3-16)28-14-15-29-22-26-25-21(17-10-12-24-13-11-17)27(22)19-6-4-18(23)5-7-19/h2-13H,14-15H2,1H3. The van der Waals surface area contributed by atoms with Gasteiger partial charge >= 0.3 is 0 Å². The van der Waals surface area contributed by atoms with Gasteiger partial charge in [0, 0.05) is 34.4 Å². The third-order valence-corrected chi connectivity index (χ3v) is 5.41. The molecular formula is C22H19ClN4OS. The molecule has 7 heteroatoms. The van der Waals surface area contributed by atoms with Gasteiger partial charge in [0.2, 0.25) is 0 Å². The maximum atomic E-state index is 6.07. The smallest absolute Gasteiger partial charge is 0.196 e. The van der Waals surface area contributed by atoms with Crippen LogP contribution in [0.1, 0.15) is 5.56 Å². The molecule has 4 rings (SSSR count). The molecule has 0 bridgehead atoms. The van der Waals surface area contributed by atoms with Crippen molar-refractivity contribution >= 4 is 23.4 Å². The van der Waals surface area contributed by atoms with Crippen LogP contribution >= 0.6 is 23.4 Å². The van der Waals surface area contributed by atoms with Gasteiger partial charge in [0.15, 0.2) is 11.0 Å². The predicted molar refractivity (Wildman–Crippen MR) is 117 cm³/mol. The minimum atomic E-state index is 0.575. The van der Waals surface area contributed by atoms with Crippen LogP contribution in [0.25, 0.3) is 17.1 Å². The monoisotopic (exact) mass is 422 g/mol. The number of pyridine rings is 1. The Morgan fingerprint density at radius 1 is 0.931 bits per heavy atom. The van der Waals surface area contributed by atoms with Gasteiger partial charge in [-0.25, -0.2) is 0 Å². The summed E-state index contributed by atoms with van der Waals surface area (Å²) in [5.74, 6) is 2.38. The van der Waals surface area contributed by atoms with Crippen LogP contribution in [0, 0.1) is 6.92 Å². The van der Waals surface area contributed by atoms with Gasteiger partial charge in [0.05, 0.1) is 6.61 Å². The SMILES string of the molecule is Cc1ccc(OCCSc2nnc(-c3ccncc3)n2-c2ccc(Cl)cc2)cc1. The van der Waals surface area contributed by atoms with Crippen LogP contribution in [0.4, 0.5) is 0 Å². The lowest BCUT2D eigenvalue weighted by molar-refractivity contribution is 0.344. The Hall–Kier alpha value is -2.83. The first-order valence-electron chi connectivity index (χ1n) is 9.15. The molecule has 0 aliphatic heterocycles. The van der Waals surface area contributed by atoms with Crippen LogP contribution in [0.3, 0.4) is 0 Å². The van der Waals surface area contributed by atoms with E-state index in [1.807, 2.05) is 65.2 Å². The molecule has 0 radical (unpaired) electrons. The average Bonchev–Trinajstić information content (AvgIpc) is 3.17. The highest BCUT2D eigenvalue weighted by Gasteiger charge is 2.16. The average molecular weight is 423 g/mol. The summed E-state index contributed by atoms with van der Waals surface area (Å²) in [5.41, 5.74) is 3.12. The summed E-state index contributed by atoms with van der Waals surface area (Å²) in [6.45, 7) is 2.63. The van der Waals surface area contributed by atoms with Gasteiger partial charge in [-0.3, -0.25) is 9.55 Å². The molecule has 0 saturated carbocycles. The van der Waals surface area contributed by atoms with Gasteiger partial charge in [0.25, 0.3) is 0 Å². The summed E-state index contributed by atoms with van der Waals surface area (Å²) in [5, 5.41) is 10.3. The molecule has 0 spiro atoms. The number of ether oxygens (including phenoxy) is 1. The summed E-state index contributed by atoms with van der Waals surface area (Å²) in [6, 6.07) is 19.5. The minimum absolute atomic E-state index is 0.575. The Morgan fingerprint density at radius 3 is 2.38 bits per heavy atom. The number of nitrogens with zero attached hydrogens (tertiary/aromatic N) is 4. The fourth-order valence-corrected chi connectivity index (χ4v) is 3.70. The van der Waals surface area contributed by atoms with Crippen molar-refractivity contribution in [1.82, 2.24) is 19.7 Å². The van der Waals surface area contributed by atoms with Crippen LogP contribution < -0.4 is 4.74 Å². The van der Waals surface area contributed by atoms with Crippen LogP contribution in [0.15, 0.2) is 78.2 Å². The Labute approximate surface area is 178 Å². The van der Waals surface area contributed by atoms with Crippen molar-refractivity contribution < 1.29 is 4.74 Å². The van der Waals surface area contributed by atoms with Crippen molar-refractivity contribution in [2.75, 3.05) is 12.4 Å². The molecule has 0 saturated heterocycles. The Balaban J connectivity index is 1.54. The van der Waals surface area contributed by atoms with Crippen LogP contribution in [-0.2, 0) is 0 Å². The highest BCUT2D eigenvalue weighted by atomic mass is 35.5. The third-order valence-electron chi connectivity index (χ3n) is 4.26. The lowest BCUT2D eigenvalue weighted by Crippen LogP contribution is -2.03. The van der Waals surface area contributed by atoms with Crippen LogP contribution in [0.2, 0.25) is 5.02 Å². The maximum absolute atomic E-state index is 6.07. The second kappa shape index (κ2) is 9.11. The Bertz CT molecular complexity index is 1070. The van der Waals surface area contributed by atoms with E-state index in [4.69, 9.17) is 16.3 Å². The predicted octanol–water partition coefficient (Wildman–Crippen LogP) is 5.46. The van der Waals surface area contributed by atoms with Crippen molar-refractivity contribution in [1.29, 1.82) is 0 Å². The van der Waals surface area contributed by atoms with E-state index >= 15 is 0 Å². The zero-order chi connectivity index (χ0) is 20.1. The zero-order valence-corrected chi connectivity index (χ0v) is 17.4. The molecule has 2 aromatic heterocycles. The summed E-state index contributed by atoms with van der Waals surface area (Å²) in [6.07, 6.45) is 3.50. The maximum Gasteiger partial charge on any atom is 0.196 e. The van der Waals surface area contributed by atoms with E-state index in [2.05, 4.69) is 22.1 Å². The molecule has 29 heavy (non-hydrogen) atoms. The van der Waals surface area contributed by atoms with E-state index in [9.17, 15) is 0 Å². The highest BCUT2D eigenvalue weighted by molar-refractivity contribution is 7.99. The molecule has 0 aliphatic rings. The molecule has 146 valence electrons. The molecule has 5 nitrogen and oxygen atoms in total. The fraction of sp³-hybridized carbons (Fsp3) is 0.136. The van der Waals surface area contributed by atoms with Gasteiger partial charge in [-0.2, -0.15) is 0 Å². The van der Waals surface area contributed by atoms with E-state index in [0.29, 0.717) is 11.6 Å². The van der Waals surface area contributed by atoms with Crippen molar-refractivity contribution in [2.24, 2.45) is 0 Å². The van der Waals surface area contributed by atoms with Crippen LogP contribution in [-0.4, -0.2) is 32.1 Å². The topological polar surface area (TPSA) is 52.8 Å². The van der Waals surface area contributed by atoms with E-state index in [-0.39, 0.29) is 0 Å². The summed E-state index contributed by atoms with van der Waals surface area (Å²) in [7, 11) is 0. The van der Waals surface area contributed by atoms with Gasteiger partial charge < -0.3 is 4.74 Å². The molecule has 2 aromatic carbocycles. The largest absolute Gasteiger partial charge is 0.493 e. The van der Waals surface area contributed by atoms with Crippen molar-refractivity contribution in [3.05, 3.63) is 83.6 Å². The summed E-state index contributed by atoms with van der Waals surface area (Å²) >= 11 is 7.67. The molecular weight excluding hydrogens is 404 g/mol. The molecule has 2 heterocycles. The minimum Gasteiger partial charge on any atom is -0.493 e. The molecule has 4 aromatic rings. The summed E-state index contributed by atoms with van der Waals surface area (Å²) < 4.78 is 7.86. The molecule has 0 N–H and O–H groups in total. The Kier molecular flexibility index (Phi) is 6.12. The lowest BCUT2D eigenvalue weighted by Gasteiger charge is -2.11. The number of hydrogen-bond donors (Lipinski definition) is 0. The number of aromatic nitrogens is 4. The van der Waals surface area contributed by atoms with Gasteiger partial charge in [-0.05, 0) is 55.5 Å². The van der Waals surface area contributed by atoms with E-state index in [1.165, 1.54) is 5.56 Å². The molecule has 0 aliphatic carbocycles. The van der Waals surface area contributed by atoms with Crippen molar-refractivity contribution in [3.63, 3.8) is 0 Å². The Morgan fingerprint density at radius 2 is 1.66 bits per heavy atom. The molecule has 0 amide bonds. The zero-order valence-electron chi connectivity index (χ0n) is 15.8. The van der Waals surface area contributed by atoms with Gasteiger partial charge in [-0.1, -0.05) is 41.1 Å². The molecule has 0 unspecified atom stereocenters. The normalized spacial score (nSPS) is 10.8. The number of halogens is 1. The second-order valence-corrected chi connectivity index (χ2v) is 7.86. The number of thioether (sulfide) groups is 1. The van der Waals surface area contributed by atoms with Crippen molar-refractivity contribution in [2.45, 2.75) is 12.1 Å².